The standard InChI is InChI=1S/C21H22N5OP/c1-4-13-22-15-9-11-16(12-10-15)24-21-23-14-18-20(25-21)26(18)17-7-5-6-8-19(17)28(2,3)27/h4-12,14,22H,1,13H2,2-3H3,(H,23,24,25). The molecule has 0 radical (unpaired) electrons. The summed E-state index contributed by atoms with van der Waals surface area (Å²) in [6.45, 7) is 7.99. The summed E-state index contributed by atoms with van der Waals surface area (Å²) in [6.07, 6.45) is 3.61. The van der Waals surface area contributed by atoms with Gasteiger partial charge in [-0.2, -0.15) is 4.98 Å². The Hall–Kier alpha value is -3.11. The van der Waals surface area contributed by atoms with Gasteiger partial charge in [0.05, 0.1) is 11.9 Å². The SMILES string of the molecule is C=CCNc1ccc(Nc2ncc3c(n2)N3c2ccccc2P(C)(C)=O)cc1. The molecule has 0 fully saturated rings. The number of anilines is 6. The molecule has 0 saturated carbocycles. The summed E-state index contributed by atoms with van der Waals surface area (Å²) in [5.74, 6) is 1.37. The Balaban J connectivity index is 1.52. The Morgan fingerprint density at radius 2 is 1.79 bits per heavy atom. The van der Waals surface area contributed by atoms with Crippen molar-refractivity contribution in [2.75, 3.05) is 35.4 Å². The number of para-hydroxylation sites is 1. The zero-order valence-electron chi connectivity index (χ0n) is 15.9. The van der Waals surface area contributed by atoms with E-state index in [0.717, 1.165) is 40.4 Å². The Kier molecular flexibility index (Phi) is 4.65. The average molecular weight is 391 g/mol. The fourth-order valence-corrected chi connectivity index (χ4v) is 4.22. The maximum absolute atomic E-state index is 12.6. The van der Waals surface area contributed by atoms with Crippen LogP contribution in [-0.4, -0.2) is 29.8 Å². The first kappa shape index (κ1) is 18.3. The molecule has 7 heteroatoms. The maximum Gasteiger partial charge on any atom is 0.229 e. The van der Waals surface area contributed by atoms with Gasteiger partial charge in [-0.1, -0.05) is 18.2 Å². The van der Waals surface area contributed by atoms with Crippen LogP contribution in [-0.2, 0) is 4.57 Å². The van der Waals surface area contributed by atoms with Crippen LogP contribution in [0.5, 0.6) is 0 Å². The number of rotatable bonds is 7. The fraction of sp³-hybridized carbons (Fsp3) is 0.143. The molecule has 0 aliphatic carbocycles. The summed E-state index contributed by atoms with van der Waals surface area (Å²) in [5.41, 5.74) is 3.78. The molecular formula is C21H22N5OP. The highest BCUT2D eigenvalue weighted by atomic mass is 31.2. The van der Waals surface area contributed by atoms with Crippen molar-refractivity contribution in [2.24, 2.45) is 0 Å². The second-order valence-electron chi connectivity index (χ2n) is 6.95. The summed E-state index contributed by atoms with van der Waals surface area (Å²) >= 11 is 0. The lowest BCUT2D eigenvalue weighted by molar-refractivity contribution is 0.588. The van der Waals surface area contributed by atoms with Gasteiger partial charge < -0.3 is 15.2 Å². The van der Waals surface area contributed by atoms with E-state index < -0.39 is 7.14 Å². The third-order valence-corrected chi connectivity index (χ3v) is 5.99. The summed E-state index contributed by atoms with van der Waals surface area (Å²) in [4.78, 5) is 11.0. The van der Waals surface area contributed by atoms with Gasteiger partial charge in [0.1, 0.15) is 12.8 Å². The van der Waals surface area contributed by atoms with E-state index in [1.165, 1.54) is 0 Å². The lowest BCUT2D eigenvalue weighted by Gasteiger charge is -2.13. The van der Waals surface area contributed by atoms with E-state index in [1.807, 2.05) is 59.5 Å². The first-order chi connectivity index (χ1) is 13.5. The van der Waals surface area contributed by atoms with Crippen LogP contribution in [0.25, 0.3) is 0 Å². The van der Waals surface area contributed by atoms with E-state index in [2.05, 4.69) is 27.2 Å². The number of hydrogen-bond donors (Lipinski definition) is 2. The van der Waals surface area contributed by atoms with E-state index in [1.54, 1.807) is 19.5 Å². The average Bonchev–Trinajstić information content (AvgIpc) is 3.40. The van der Waals surface area contributed by atoms with Crippen molar-refractivity contribution in [3.8, 4) is 0 Å². The van der Waals surface area contributed by atoms with Crippen LogP contribution in [0.1, 0.15) is 0 Å². The van der Waals surface area contributed by atoms with Gasteiger partial charge in [-0.25, -0.2) is 4.98 Å². The summed E-state index contributed by atoms with van der Waals surface area (Å²) in [5, 5.41) is 7.32. The summed E-state index contributed by atoms with van der Waals surface area (Å²) < 4.78 is 12.6. The first-order valence-corrected chi connectivity index (χ1v) is 11.6. The molecule has 0 saturated heterocycles. The molecule has 2 heterocycles. The number of fused-ring (bicyclic) bond motifs is 1. The van der Waals surface area contributed by atoms with Crippen LogP contribution in [0.4, 0.5) is 34.5 Å². The highest BCUT2D eigenvalue weighted by molar-refractivity contribution is 7.70. The van der Waals surface area contributed by atoms with Crippen molar-refractivity contribution < 1.29 is 4.57 Å². The van der Waals surface area contributed by atoms with Crippen LogP contribution >= 0.6 is 7.14 Å². The van der Waals surface area contributed by atoms with E-state index in [-0.39, 0.29) is 0 Å². The highest BCUT2D eigenvalue weighted by Gasteiger charge is 2.36. The van der Waals surface area contributed by atoms with Crippen molar-refractivity contribution in [1.29, 1.82) is 0 Å². The van der Waals surface area contributed by atoms with Gasteiger partial charge in [0.25, 0.3) is 0 Å². The van der Waals surface area contributed by atoms with Crippen molar-refractivity contribution in [2.45, 2.75) is 0 Å². The minimum Gasteiger partial charge on any atom is -0.382 e. The minimum absolute atomic E-state index is 0.529. The highest BCUT2D eigenvalue weighted by Crippen LogP contribution is 2.53. The molecule has 142 valence electrons. The van der Waals surface area contributed by atoms with Gasteiger partial charge in [-0.05, 0) is 49.7 Å². The zero-order chi connectivity index (χ0) is 19.7. The fourth-order valence-electron chi connectivity index (χ4n) is 3.05. The molecule has 1 aliphatic rings. The number of hydrogen-bond acceptors (Lipinski definition) is 6. The van der Waals surface area contributed by atoms with E-state index in [0.29, 0.717) is 5.95 Å². The molecule has 0 spiro atoms. The number of aromatic nitrogens is 2. The van der Waals surface area contributed by atoms with Gasteiger partial charge in [-0.15, -0.1) is 6.58 Å². The van der Waals surface area contributed by atoms with Crippen molar-refractivity contribution in [1.82, 2.24) is 9.97 Å². The molecule has 0 bridgehead atoms. The van der Waals surface area contributed by atoms with Crippen molar-refractivity contribution >= 4 is 47.0 Å². The van der Waals surface area contributed by atoms with E-state index in [9.17, 15) is 4.57 Å². The second-order valence-corrected chi connectivity index (χ2v) is 10.1. The van der Waals surface area contributed by atoms with Gasteiger partial charge in [-0.3, -0.25) is 4.90 Å². The molecular weight excluding hydrogens is 369 g/mol. The summed E-state index contributed by atoms with van der Waals surface area (Å²) in [6, 6.07) is 15.7. The van der Waals surface area contributed by atoms with Crippen molar-refractivity contribution in [3.05, 3.63) is 67.4 Å². The van der Waals surface area contributed by atoms with Crippen LogP contribution in [0.3, 0.4) is 0 Å². The Morgan fingerprint density at radius 3 is 2.50 bits per heavy atom. The maximum atomic E-state index is 12.6. The quantitative estimate of drug-likeness (QED) is 0.267. The zero-order valence-corrected chi connectivity index (χ0v) is 16.8. The molecule has 1 aliphatic heterocycles. The Bertz CT molecular complexity index is 1070. The smallest absolute Gasteiger partial charge is 0.229 e. The molecule has 2 N–H and O–H groups in total. The molecule has 1 aromatic heterocycles. The first-order valence-electron chi connectivity index (χ1n) is 9.01. The lowest BCUT2D eigenvalue weighted by atomic mass is 10.3. The van der Waals surface area contributed by atoms with Crippen LogP contribution in [0.15, 0.2) is 67.4 Å². The third kappa shape index (κ3) is 3.64. The predicted octanol–water partition coefficient (Wildman–Crippen LogP) is 4.85. The molecule has 0 amide bonds. The number of nitrogens with zero attached hydrogens (tertiary/aromatic N) is 3. The van der Waals surface area contributed by atoms with Crippen LogP contribution in [0.2, 0.25) is 0 Å². The molecule has 6 nitrogen and oxygen atoms in total. The molecule has 3 aromatic rings. The Morgan fingerprint density at radius 1 is 1.07 bits per heavy atom. The van der Waals surface area contributed by atoms with Gasteiger partial charge >= 0.3 is 0 Å². The van der Waals surface area contributed by atoms with Gasteiger partial charge in [0.15, 0.2) is 5.82 Å². The van der Waals surface area contributed by atoms with Gasteiger partial charge in [0, 0.05) is 23.2 Å². The van der Waals surface area contributed by atoms with Crippen molar-refractivity contribution in [3.63, 3.8) is 0 Å². The summed E-state index contributed by atoms with van der Waals surface area (Å²) in [7, 11) is -2.40. The topological polar surface area (TPSA) is 69.9 Å². The van der Waals surface area contributed by atoms with Gasteiger partial charge in [0.2, 0.25) is 5.95 Å². The number of nitrogens with one attached hydrogen (secondary N) is 2. The van der Waals surface area contributed by atoms with Crippen LogP contribution < -0.4 is 20.8 Å². The molecule has 0 unspecified atom stereocenters. The molecule has 2 aromatic carbocycles. The van der Waals surface area contributed by atoms with E-state index >= 15 is 0 Å². The normalized spacial score (nSPS) is 12.3. The molecule has 4 rings (SSSR count). The predicted molar refractivity (Wildman–Crippen MR) is 118 cm³/mol. The second kappa shape index (κ2) is 7.13. The minimum atomic E-state index is -2.40. The monoisotopic (exact) mass is 391 g/mol. The third-order valence-electron chi connectivity index (χ3n) is 4.45. The van der Waals surface area contributed by atoms with Crippen LogP contribution in [0, 0.1) is 0 Å². The largest absolute Gasteiger partial charge is 0.382 e. The Labute approximate surface area is 164 Å². The number of benzene rings is 2. The molecule has 28 heavy (non-hydrogen) atoms. The molecule has 0 atom stereocenters. The van der Waals surface area contributed by atoms with E-state index in [4.69, 9.17) is 0 Å². The lowest BCUT2D eigenvalue weighted by Crippen LogP contribution is -2.09.